The third-order valence-corrected chi connectivity index (χ3v) is 4.12. The van der Waals surface area contributed by atoms with Crippen molar-refractivity contribution < 1.29 is 19.0 Å². The van der Waals surface area contributed by atoms with Gasteiger partial charge in [-0.05, 0) is 42.7 Å². The third kappa shape index (κ3) is 2.87. The van der Waals surface area contributed by atoms with Crippen LogP contribution in [0.2, 0.25) is 0 Å². The summed E-state index contributed by atoms with van der Waals surface area (Å²) in [5.41, 5.74) is 5.56. The van der Waals surface area contributed by atoms with Gasteiger partial charge in [0.25, 0.3) is 0 Å². The molecule has 23 heavy (non-hydrogen) atoms. The van der Waals surface area contributed by atoms with E-state index in [-0.39, 0.29) is 0 Å². The van der Waals surface area contributed by atoms with Crippen LogP contribution in [-0.2, 0) is 9.47 Å². The molecule has 4 nitrogen and oxygen atoms in total. The Morgan fingerprint density at radius 2 is 1.78 bits per heavy atom. The zero-order valence-electron chi connectivity index (χ0n) is 13.6. The van der Waals surface area contributed by atoms with Gasteiger partial charge in [0, 0.05) is 11.1 Å². The van der Waals surface area contributed by atoms with Gasteiger partial charge in [-0.25, -0.2) is 0 Å². The average molecular weight is 312 g/mol. The van der Waals surface area contributed by atoms with Crippen LogP contribution in [-0.4, -0.2) is 26.6 Å². The van der Waals surface area contributed by atoms with Crippen molar-refractivity contribution in [3.05, 3.63) is 52.6 Å². The summed E-state index contributed by atoms with van der Waals surface area (Å²) in [5, 5.41) is 0. The Labute approximate surface area is 136 Å². The predicted molar refractivity (Wildman–Crippen MR) is 87.9 cm³/mol. The van der Waals surface area contributed by atoms with Crippen molar-refractivity contribution in [3.8, 4) is 16.9 Å². The number of methoxy groups -OCH3 is 1. The first-order valence-electron chi connectivity index (χ1n) is 7.62. The molecule has 0 amide bonds. The second kappa shape index (κ2) is 6.52. The fourth-order valence-corrected chi connectivity index (χ4v) is 3.10. The van der Waals surface area contributed by atoms with Crippen molar-refractivity contribution in [3.63, 3.8) is 0 Å². The minimum atomic E-state index is -0.428. The van der Waals surface area contributed by atoms with Crippen molar-refractivity contribution in [1.82, 2.24) is 0 Å². The molecule has 0 aromatic heterocycles. The third-order valence-electron chi connectivity index (χ3n) is 4.12. The standard InChI is InChI=1S/C19H20O4/c1-12-5-4-6-13(2)17(12)16-10-14(19-22-7-8-23-19)9-15(11-20)18(16)21-3/h4-6,9-11,19H,7-8H2,1-3H3. The van der Waals surface area contributed by atoms with Crippen LogP contribution in [0.1, 0.15) is 33.3 Å². The number of carbonyl (C=O) groups is 1. The minimum absolute atomic E-state index is 0.428. The van der Waals surface area contributed by atoms with E-state index in [9.17, 15) is 4.79 Å². The van der Waals surface area contributed by atoms with E-state index in [1.54, 1.807) is 13.2 Å². The predicted octanol–water partition coefficient (Wildman–Crippen LogP) is 3.84. The molecule has 2 aromatic carbocycles. The molecular formula is C19H20O4. The number of aldehydes is 1. The maximum absolute atomic E-state index is 11.5. The molecule has 1 saturated heterocycles. The second-order valence-corrected chi connectivity index (χ2v) is 5.65. The highest BCUT2D eigenvalue weighted by Gasteiger charge is 2.23. The molecule has 120 valence electrons. The maximum atomic E-state index is 11.5. The lowest BCUT2D eigenvalue weighted by atomic mass is 9.92. The van der Waals surface area contributed by atoms with Crippen molar-refractivity contribution in [1.29, 1.82) is 0 Å². The molecule has 0 N–H and O–H groups in total. The second-order valence-electron chi connectivity index (χ2n) is 5.65. The van der Waals surface area contributed by atoms with Crippen LogP contribution in [0.4, 0.5) is 0 Å². The van der Waals surface area contributed by atoms with Gasteiger partial charge >= 0.3 is 0 Å². The first-order chi connectivity index (χ1) is 11.2. The number of rotatable bonds is 4. The number of hydrogen-bond donors (Lipinski definition) is 0. The van der Waals surface area contributed by atoms with Crippen molar-refractivity contribution in [2.45, 2.75) is 20.1 Å². The first-order valence-corrected chi connectivity index (χ1v) is 7.62. The number of benzene rings is 2. The summed E-state index contributed by atoms with van der Waals surface area (Å²) in [6.07, 6.45) is 0.386. The maximum Gasteiger partial charge on any atom is 0.184 e. The molecule has 0 saturated carbocycles. The van der Waals surface area contributed by atoms with E-state index >= 15 is 0 Å². The van der Waals surface area contributed by atoms with Crippen LogP contribution in [0.5, 0.6) is 5.75 Å². The van der Waals surface area contributed by atoms with Crippen molar-refractivity contribution >= 4 is 6.29 Å². The van der Waals surface area contributed by atoms with Crippen LogP contribution in [0, 0.1) is 13.8 Å². The summed E-state index contributed by atoms with van der Waals surface area (Å²) in [7, 11) is 1.59. The molecule has 1 aliphatic heterocycles. The lowest BCUT2D eigenvalue weighted by molar-refractivity contribution is -0.0441. The quantitative estimate of drug-likeness (QED) is 0.805. The van der Waals surface area contributed by atoms with E-state index < -0.39 is 6.29 Å². The number of hydrogen-bond acceptors (Lipinski definition) is 4. The van der Waals surface area contributed by atoms with Gasteiger partial charge < -0.3 is 14.2 Å². The summed E-state index contributed by atoms with van der Waals surface area (Å²) in [6.45, 7) is 5.23. The van der Waals surface area contributed by atoms with Gasteiger partial charge in [0.2, 0.25) is 0 Å². The van der Waals surface area contributed by atoms with Crippen LogP contribution < -0.4 is 4.74 Å². The summed E-state index contributed by atoms with van der Waals surface area (Å²) in [5.74, 6) is 0.583. The molecule has 0 unspecified atom stereocenters. The molecule has 2 aromatic rings. The molecule has 0 bridgehead atoms. The molecule has 0 atom stereocenters. The number of ether oxygens (including phenoxy) is 3. The SMILES string of the molecule is COc1c(C=O)cc(C2OCCO2)cc1-c1c(C)cccc1C. The Hall–Kier alpha value is -2.17. The zero-order chi connectivity index (χ0) is 16.4. The van der Waals surface area contributed by atoms with Crippen molar-refractivity contribution in [2.24, 2.45) is 0 Å². The van der Waals surface area contributed by atoms with Crippen LogP contribution in [0.3, 0.4) is 0 Å². The molecule has 4 heteroatoms. The highest BCUT2D eigenvalue weighted by atomic mass is 16.7. The normalized spacial score (nSPS) is 14.9. The molecule has 1 heterocycles. The summed E-state index contributed by atoms with van der Waals surface area (Å²) in [6, 6.07) is 9.90. The van der Waals surface area contributed by atoms with E-state index in [4.69, 9.17) is 14.2 Å². The summed E-state index contributed by atoms with van der Waals surface area (Å²) < 4.78 is 16.7. The van der Waals surface area contributed by atoms with Crippen LogP contribution >= 0.6 is 0 Å². The van der Waals surface area contributed by atoms with Crippen LogP contribution in [0.15, 0.2) is 30.3 Å². The Balaban J connectivity index is 2.24. The van der Waals surface area contributed by atoms with E-state index in [0.29, 0.717) is 24.5 Å². The Kier molecular flexibility index (Phi) is 4.46. The lowest BCUT2D eigenvalue weighted by Crippen LogP contribution is -2.03. The fraction of sp³-hybridized carbons (Fsp3) is 0.316. The van der Waals surface area contributed by atoms with Crippen LogP contribution in [0.25, 0.3) is 11.1 Å². The number of carbonyl (C=O) groups excluding carboxylic acids is 1. The summed E-state index contributed by atoms with van der Waals surface area (Å²) >= 11 is 0. The smallest absolute Gasteiger partial charge is 0.184 e. The lowest BCUT2D eigenvalue weighted by Gasteiger charge is -2.19. The van der Waals surface area contributed by atoms with Crippen molar-refractivity contribution in [2.75, 3.05) is 20.3 Å². The Morgan fingerprint density at radius 3 is 2.35 bits per heavy atom. The monoisotopic (exact) mass is 312 g/mol. The number of aryl methyl sites for hydroxylation is 2. The topological polar surface area (TPSA) is 44.8 Å². The van der Waals surface area contributed by atoms with Gasteiger partial charge in [-0.15, -0.1) is 0 Å². The molecule has 0 aliphatic carbocycles. The van der Waals surface area contributed by atoms with E-state index in [1.807, 2.05) is 12.1 Å². The van der Waals surface area contributed by atoms with Gasteiger partial charge in [-0.3, -0.25) is 4.79 Å². The van der Waals surface area contributed by atoms with Gasteiger partial charge in [0.15, 0.2) is 12.6 Å². The van der Waals surface area contributed by atoms with E-state index in [0.717, 1.165) is 34.1 Å². The van der Waals surface area contributed by atoms with Gasteiger partial charge in [0.1, 0.15) is 5.75 Å². The first kappa shape index (κ1) is 15.7. The molecule has 0 radical (unpaired) electrons. The van der Waals surface area contributed by atoms with Gasteiger partial charge in [-0.2, -0.15) is 0 Å². The summed E-state index contributed by atoms with van der Waals surface area (Å²) in [4.78, 5) is 11.5. The molecule has 1 aliphatic rings. The largest absolute Gasteiger partial charge is 0.495 e. The molecule has 1 fully saturated rings. The zero-order valence-corrected chi connectivity index (χ0v) is 13.6. The molecule has 0 spiro atoms. The van der Waals surface area contributed by atoms with Gasteiger partial charge in [-0.1, -0.05) is 18.2 Å². The average Bonchev–Trinajstić information content (AvgIpc) is 3.08. The molecular weight excluding hydrogens is 292 g/mol. The van der Waals surface area contributed by atoms with E-state index in [1.165, 1.54) is 0 Å². The van der Waals surface area contributed by atoms with E-state index in [2.05, 4.69) is 26.0 Å². The highest BCUT2D eigenvalue weighted by molar-refractivity contribution is 5.88. The Bertz CT molecular complexity index is 710. The molecule has 3 rings (SSSR count). The Morgan fingerprint density at radius 1 is 1.13 bits per heavy atom. The fourth-order valence-electron chi connectivity index (χ4n) is 3.10. The minimum Gasteiger partial charge on any atom is -0.495 e. The van der Waals surface area contributed by atoms with Gasteiger partial charge in [0.05, 0.1) is 25.9 Å². The highest BCUT2D eigenvalue weighted by Crippen LogP contribution is 2.39.